The van der Waals surface area contributed by atoms with E-state index in [9.17, 15) is 4.79 Å². The number of piperidine rings is 1. The smallest absolute Gasteiger partial charge is 0.222 e. The fourth-order valence-electron chi connectivity index (χ4n) is 3.14. The first-order valence-corrected chi connectivity index (χ1v) is 7.30. The van der Waals surface area contributed by atoms with Crippen LogP contribution in [0.3, 0.4) is 0 Å². The average molecular weight is 254 g/mol. The van der Waals surface area contributed by atoms with Crippen molar-refractivity contribution >= 4 is 5.91 Å². The van der Waals surface area contributed by atoms with Crippen molar-refractivity contribution in [3.8, 4) is 0 Å². The molecule has 0 aromatic carbocycles. The lowest BCUT2D eigenvalue weighted by atomic mass is 9.85. The van der Waals surface area contributed by atoms with Gasteiger partial charge in [-0.05, 0) is 44.2 Å². The number of hydrogen-bond donors (Lipinski definition) is 2. The monoisotopic (exact) mass is 254 g/mol. The van der Waals surface area contributed by atoms with Crippen LogP contribution in [0.1, 0.15) is 32.6 Å². The van der Waals surface area contributed by atoms with Crippen molar-refractivity contribution < 1.29 is 9.90 Å². The van der Waals surface area contributed by atoms with E-state index in [1.807, 2.05) is 4.90 Å². The van der Waals surface area contributed by atoms with E-state index in [0.717, 1.165) is 32.6 Å². The van der Waals surface area contributed by atoms with Crippen molar-refractivity contribution in [1.82, 2.24) is 10.2 Å². The molecule has 104 valence electrons. The highest BCUT2D eigenvalue weighted by atomic mass is 16.3. The number of likely N-dealkylation sites (tertiary alicyclic amines) is 1. The van der Waals surface area contributed by atoms with Crippen LogP contribution in [0.25, 0.3) is 0 Å². The Labute approximate surface area is 110 Å². The first-order chi connectivity index (χ1) is 8.70. The van der Waals surface area contributed by atoms with Crippen LogP contribution in [-0.2, 0) is 4.79 Å². The quantitative estimate of drug-likeness (QED) is 0.782. The molecule has 0 aromatic heterocycles. The molecule has 2 heterocycles. The van der Waals surface area contributed by atoms with Gasteiger partial charge in [-0.1, -0.05) is 6.92 Å². The van der Waals surface area contributed by atoms with Crippen LogP contribution >= 0.6 is 0 Å². The van der Waals surface area contributed by atoms with Crippen molar-refractivity contribution in [2.75, 3.05) is 32.8 Å². The molecule has 2 rings (SSSR count). The standard InChI is InChI=1S/C14H26N2O2/c1-11(13-3-2-5-15-8-13)7-14(18)16-6-4-12(9-16)10-17/h11-13,15,17H,2-10H2,1H3. The van der Waals surface area contributed by atoms with Gasteiger partial charge in [0.15, 0.2) is 0 Å². The summed E-state index contributed by atoms with van der Waals surface area (Å²) in [4.78, 5) is 14.1. The maximum Gasteiger partial charge on any atom is 0.222 e. The summed E-state index contributed by atoms with van der Waals surface area (Å²) < 4.78 is 0. The molecule has 2 aliphatic rings. The Morgan fingerprint density at radius 1 is 1.50 bits per heavy atom. The molecule has 0 bridgehead atoms. The van der Waals surface area contributed by atoms with Gasteiger partial charge in [0.2, 0.25) is 5.91 Å². The summed E-state index contributed by atoms with van der Waals surface area (Å²) in [6.45, 7) is 6.20. The number of nitrogens with zero attached hydrogens (tertiary/aromatic N) is 1. The summed E-state index contributed by atoms with van der Waals surface area (Å²) in [5, 5.41) is 12.5. The summed E-state index contributed by atoms with van der Waals surface area (Å²) in [6, 6.07) is 0. The summed E-state index contributed by atoms with van der Waals surface area (Å²) in [5.74, 6) is 1.71. The highest BCUT2D eigenvalue weighted by Gasteiger charge is 2.28. The van der Waals surface area contributed by atoms with Crippen LogP contribution in [0.5, 0.6) is 0 Å². The number of aliphatic hydroxyl groups excluding tert-OH is 1. The maximum absolute atomic E-state index is 12.2. The summed E-state index contributed by atoms with van der Waals surface area (Å²) >= 11 is 0. The minimum Gasteiger partial charge on any atom is -0.396 e. The van der Waals surface area contributed by atoms with Crippen LogP contribution in [0.15, 0.2) is 0 Å². The molecule has 2 N–H and O–H groups in total. The van der Waals surface area contributed by atoms with Gasteiger partial charge in [0, 0.05) is 32.0 Å². The third-order valence-electron chi connectivity index (χ3n) is 4.53. The Kier molecular flexibility index (Phi) is 5.01. The number of carbonyl (C=O) groups is 1. The van der Waals surface area contributed by atoms with Gasteiger partial charge < -0.3 is 15.3 Å². The first-order valence-electron chi connectivity index (χ1n) is 7.30. The summed E-state index contributed by atoms with van der Waals surface area (Å²) in [7, 11) is 0. The van der Waals surface area contributed by atoms with E-state index in [-0.39, 0.29) is 12.5 Å². The van der Waals surface area contributed by atoms with E-state index in [1.54, 1.807) is 0 Å². The molecule has 0 spiro atoms. The molecule has 3 atom stereocenters. The molecular weight excluding hydrogens is 228 g/mol. The van der Waals surface area contributed by atoms with Gasteiger partial charge in [0.25, 0.3) is 0 Å². The molecule has 4 nitrogen and oxygen atoms in total. The number of aliphatic hydroxyl groups is 1. The van der Waals surface area contributed by atoms with Crippen LogP contribution in [0, 0.1) is 17.8 Å². The Hall–Kier alpha value is -0.610. The van der Waals surface area contributed by atoms with E-state index >= 15 is 0 Å². The van der Waals surface area contributed by atoms with Crippen molar-refractivity contribution in [1.29, 1.82) is 0 Å². The van der Waals surface area contributed by atoms with E-state index in [1.165, 1.54) is 12.8 Å². The largest absolute Gasteiger partial charge is 0.396 e. The fourth-order valence-corrected chi connectivity index (χ4v) is 3.14. The van der Waals surface area contributed by atoms with Gasteiger partial charge in [-0.3, -0.25) is 4.79 Å². The molecule has 3 unspecified atom stereocenters. The predicted octanol–water partition coefficient (Wildman–Crippen LogP) is 0.853. The van der Waals surface area contributed by atoms with Gasteiger partial charge >= 0.3 is 0 Å². The minimum absolute atomic E-state index is 0.214. The molecule has 18 heavy (non-hydrogen) atoms. The fraction of sp³-hybridized carbons (Fsp3) is 0.929. The number of carbonyl (C=O) groups excluding carboxylic acids is 1. The summed E-state index contributed by atoms with van der Waals surface area (Å²) in [6.07, 6.45) is 4.12. The number of rotatable bonds is 4. The van der Waals surface area contributed by atoms with Crippen LogP contribution < -0.4 is 5.32 Å². The Balaban J connectivity index is 1.76. The van der Waals surface area contributed by atoms with Crippen LogP contribution in [-0.4, -0.2) is 48.7 Å². The molecule has 2 aliphatic heterocycles. The zero-order valence-corrected chi connectivity index (χ0v) is 11.4. The van der Waals surface area contributed by atoms with Gasteiger partial charge in [-0.15, -0.1) is 0 Å². The van der Waals surface area contributed by atoms with Crippen LogP contribution in [0.2, 0.25) is 0 Å². The summed E-state index contributed by atoms with van der Waals surface area (Å²) in [5.41, 5.74) is 0. The topological polar surface area (TPSA) is 52.6 Å². The molecular formula is C14H26N2O2. The molecule has 0 radical (unpaired) electrons. The Morgan fingerprint density at radius 2 is 2.33 bits per heavy atom. The SMILES string of the molecule is CC(CC(=O)N1CCC(CO)C1)C1CCCNC1. The van der Waals surface area contributed by atoms with Crippen LogP contribution in [0.4, 0.5) is 0 Å². The van der Waals surface area contributed by atoms with Crippen molar-refractivity contribution in [3.05, 3.63) is 0 Å². The van der Waals surface area contributed by atoms with Crippen molar-refractivity contribution in [3.63, 3.8) is 0 Å². The van der Waals surface area contributed by atoms with Gasteiger partial charge in [-0.25, -0.2) is 0 Å². The second-order valence-electron chi connectivity index (χ2n) is 5.96. The highest BCUT2D eigenvalue weighted by Crippen LogP contribution is 2.24. The van der Waals surface area contributed by atoms with Gasteiger partial charge in [-0.2, -0.15) is 0 Å². The van der Waals surface area contributed by atoms with E-state index in [2.05, 4.69) is 12.2 Å². The van der Waals surface area contributed by atoms with E-state index < -0.39 is 0 Å². The second-order valence-corrected chi connectivity index (χ2v) is 5.96. The molecule has 1 amide bonds. The predicted molar refractivity (Wildman–Crippen MR) is 71.1 cm³/mol. The third-order valence-corrected chi connectivity index (χ3v) is 4.53. The van der Waals surface area contributed by atoms with Gasteiger partial charge in [0.05, 0.1) is 0 Å². The number of nitrogens with one attached hydrogen (secondary N) is 1. The normalized spacial score (nSPS) is 30.4. The molecule has 0 aliphatic carbocycles. The number of hydrogen-bond acceptors (Lipinski definition) is 3. The van der Waals surface area contributed by atoms with E-state index in [4.69, 9.17) is 5.11 Å². The molecule has 4 heteroatoms. The maximum atomic E-state index is 12.2. The lowest BCUT2D eigenvalue weighted by Crippen LogP contribution is -2.36. The zero-order chi connectivity index (χ0) is 13.0. The average Bonchev–Trinajstić information content (AvgIpc) is 2.88. The van der Waals surface area contributed by atoms with Gasteiger partial charge in [0.1, 0.15) is 0 Å². The molecule has 0 aromatic rings. The second kappa shape index (κ2) is 6.53. The van der Waals surface area contributed by atoms with Crippen molar-refractivity contribution in [2.45, 2.75) is 32.6 Å². The molecule has 2 saturated heterocycles. The van der Waals surface area contributed by atoms with Crippen molar-refractivity contribution in [2.24, 2.45) is 17.8 Å². The highest BCUT2D eigenvalue weighted by molar-refractivity contribution is 5.76. The zero-order valence-electron chi connectivity index (χ0n) is 11.4. The number of amides is 1. The lowest BCUT2D eigenvalue weighted by Gasteiger charge is -2.29. The minimum atomic E-state index is 0.214. The first kappa shape index (κ1) is 13.8. The van der Waals surface area contributed by atoms with E-state index in [0.29, 0.717) is 24.2 Å². The molecule has 0 saturated carbocycles. The lowest BCUT2D eigenvalue weighted by molar-refractivity contribution is -0.131. The third kappa shape index (κ3) is 3.45. The Morgan fingerprint density at radius 3 is 2.94 bits per heavy atom. The Bertz CT molecular complexity index is 277. The molecule has 2 fully saturated rings.